The van der Waals surface area contributed by atoms with Crippen molar-refractivity contribution in [3.05, 3.63) is 54.1 Å². The van der Waals surface area contributed by atoms with E-state index >= 15 is 0 Å². The topological polar surface area (TPSA) is 90.6 Å². The molecule has 0 unspecified atom stereocenters. The second kappa shape index (κ2) is 8.54. The van der Waals surface area contributed by atoms with Crippen LogP contribution in [0.3, 0.4) is 0 Å². The monoisotopic (exact) mass is 537 g/mol. The Morgan fingerprint density at radius 2 is 1.76 bits per heavy atom. The third-order valence-corrected chi connectivity index (χ3v) is 8.03. The highest BCUT2D eigenvalue weighted by molar-refractivity contribution is 7.91. The number of alkyl halides is 5. The van der Waals surface area contributed by atoms with Crippen molar-refractivity contribution in [3.63, 3.8) is 0 Å². The van der Waals surface area contributed by atoms with E-state index < -0.39 is 27.6 Å². The second-order valence-corrected chi connectivity index (χ2v) is 11.1. The summed E-state index contributed by atoms with van der Waals surface area (Å²) in [7, 11) is -2.39. The van der Waals surface area contributed by atoms with E-state index in [1.54, 1.807) is 6.07 Å². The molecule has 0 N–H and O–H groups in total. The number of aromatic nitrogens is 5. The van der Waals surface area contributed by atoms with Crippen LogP contribution in [0.2, 0.25) is 0 Å². The molecule has 194 valence electrons. The third kappa shape index (κ3) is 4.34. The standard InChI is InChI=1S/C24H20F5N5O2S/c1-3-37(35,36)19-9-14(16-6-4-5-15(32-16)13-7-8-13)11-31-21(19)22-33-17-10-20(23(25,26)24(27,28)29)30-12-18(17)34(22)2/h4-6,9-13H,3,7-8H2,1-2H3. The molecule has 0 amide bonds. The normalized spacial score (nSPS) is 14.9. The summed E-state index contributed by atoms with van der Waals surface area (Å²) in [5.41, 5.74) is 0.262. The van der Waals surface area contributed by atoms with Crippen LogP contribution in [0.4, 0.5) is 22.0 Å². The molecular weight excluding hydrogens is 517 g/mol. The first-order chi connectivity index (χ1) is 17.3. The number of nitrogens with zero attached hydrogens (tertiary/aromatic N) is 5. The van der Waals surface area contributed by atoms with E-state index in [2.05, 4.69) is 19.9 Å². The molecule has 37 heavy (non-hydrogen) atoms. The van der Waals surface area contributed by atoms with Gasteiger partial charge in [0.25, 0.3) is 0 Å². The van der Waals surface area contributed by atoms with Crippen LogP contribution >= 0.6 is 0 Å². The highest BCUT2D eigenvalue weighted by Crippen LogP contribution is 2.44. The summed E-state index contributed by atoms with van der Waals surface area (Å²) in [6.45, 7) is 1.46. The summed E-state index contributed by atoms with van der Waals surface area (Å²) in [5, 5.41) is 0. The Kier molecular flexibility index (Phi) is 5.81. The molecule has 0 aliphatic heterocycles. The molecule has 7 nitrogen and oxygen atoms in total. The minimum absolute atomic E-state index is 0.0254. The number of halogens is 5. The number of aryl methyl sites for hydroxylation is 1. The fraction of sp³-hybridized carbons (Fsp3) is 0.333. The molecule has 1 aliphatic carbocycles. The van der Waals surface area contributed by atoms with Gasteiger partial charge in [-0.05, 0) is 37.1 Å². The maximum atomic E-state index is 13.9. The predicted molar refractivity (Wildman–Crippen MR) is 125 cm³/mol. The van der Waals surface area contributed by atoms with Crippen LogP contribution in [0.25, 0.3) is 33.8 Å². The van der Waals surface area contributed by atoms with E-state index in [9.17, 15) is 30.4 Å². The quantitative estimate of drug-likeness (QED) is 0.305. The lowest BCUT2D eigenvalue weighted by atomic mass is 10.1. The Morgan fingerprint density at radius 1 is 1.03 bits per heavy atom. The van der Waals surface area contributed by atoms with Gasteiger partial charge < -0.3 is 4.57 Å². The number of fused-ring (bicyclic) bond motifs is 1. The van der Waals surface area contributed by atoms with Gasteiger partial charge in [0.1, 0.15) is 11.4 Å². The first-order valence-electron chi connectivity index (χ1n) is 11.3. The van der Waals surface area contributed by atoms with Crippen LogP contribution in [0, 0.1) is 0 Å². The van der Waals surface area contributed by atoms with E-state index in [1.165, 1.54) is 30.8 Å². The third-order valence-electron chi connectivity index (χ3n) is 6.29. The van der Waals surface area contributed by atoms with Crippen molar-refractivity contribution in [2.24, 2.45) is 7.05 Å². The zero-order valence-electron chi connectivity index (χ0n) is 19.6. The smallest absolute Gasteiger partial charge is 0.324 e. The number of hydrogen-bond acceptors (Lipinski definition) is 6. The first-order valence-corrected chi connectivity index (χ1v) is 13.0. The summed E-state index contributed by atoms with van der Waals surface area (Å²) in [5.74, 6) is -5.08. The molecule has 0 radical (unpaired) electrons. The molecule has 4 aromatic rings. The molecule has 1 fully saturated rings. The maximum Gasteiger partial charge on any atom is 0.459 e. The zero-order valence-corrected chi connectivity index (χ0v) is 20.4. The minimum atomic E-state index is -5.84. The fourth-order valence-electron chi connectivity index (χ4n) is 3.98. The molecule has 0 spiro atoms. The summed E-state index contributed by atoms with van der Waals surface area (Å²) in [4.78, 5) is 16.3. The van der Waals surface area contributed by atoms with Gasteiger partial charge in [0.2, 0.25) is 0 Å². The van der Waals surface area contributed by atoms with Gasteiger partial charge in [-0.1, -0.05) is 13.0 Å². The van der Waals surface area contributed by atoms with Crippen LogP contribution in [-0.2, 0) is 22.8 Å². The number of rotatable bonds is 6. The van der Waals surface area contributed by atoms with Gasteiger partial charge in [0.05, 0.1) is 33.6 Å². The van der Waals surface area contributed by atoms with Crippen LogP contribution < -0.4 is 0 Å². The average Bonchev–Trinajstić information content (AvgIpc) is 3.67. The van der Waals surface area contributed by atoms with Crippen molar-refractivity contribution in [1.29, 1.82) is 0 Å². The van der Waals surface area contributed by atoms with Gasteiger partial charge in [0.15, 0.2) is 15.7 Å². The van der Waals surface area contributed by atoms with Gasteiger partial charge in [-0.2, -0.15) is 22.0 Å². The molecule has 0 bridgehead atoms. The van der Waals surface area contributed by atoms with Crippen molar-refractivity contribution < 1.29 is 30.4 Å². The molecule has 5 rings (SSSR count). The van der Waals surface area contributed by atoms with Crippen LogP contribution in [0.1, 0.15) is 37.1 Å². The highest BCUT2D eigenvalue weighted by Gasteiger charge is 2.60. The Balaban J connectivity index is 1.66. The van der Waals surface area contributed by atoms with Gasteiger partial charge in [-0.3, -0.25) is 15.0 Å². The lowest BCUT2D eigenvalue weighted by Gasteiger charge is -2.18. The van der Waals surface area contributed by atoms with Gasteiger partial charge in [-0.25, -0.2) is 13.4 Å². The molecule has 1 aliphatic rings. The predicted octanol–water partition coefficient (Wildman–Crippen LogP) is 5.42. The average molecular weight is 538 g/mol. The first kappa shape index (κ1) is 25.2. The summed E-state index contributed by atoms with van der Waals surface area (Å²) >= 11 is 0. The van der Waals surface area contributed by atoms with Gasteiger partial charge in [-0.15, -0.1) is 0 Å². The maximum absolute atomic E-state index is 13.9. The van der Waals surface area contributed by atoms with Crippen LogP contribution in [0.5, 0.6) is 0 Å². The summed E-state index contributed by atoms with van der Waals surface area (Å²) in [6.07, 6.45) is -1.47. The Hall–Kier alpha value is -3.48. The Bertz CT molecular complexity index is 1630. The second-order valence-electron chi connectivity index (χ2n) is 8.82. The van der Waals surface area contributed by atoms with E-state index in [0.717, 1.165) is 24.7 Å². The van der Waals surface area contributed by atoms with Crippen molar-refractivity contribution in [3.8, 4) is 22.8 Å². The molecule has 4 heterocycles. The highest BCUT2D eigenvalue weighted by atomic mass is 32.2. The Labute approximate surface area is 208 Å². The number of hydrogen-bond donors (Lipinski definition) is 0. The molecule has 0 saturated heterocycles. The zero-order chi connectivity index (χ0) is 26.8. The van der Waals surface area contributed by atoms with Gasteiger partial charge >= 0.3 is 12.1 Å². The van der Waals surface area contributed by atoms with E-state index in [1.807, 2.05) is 12.1 Å². The SMILES string of the molecule is CCS(=O)(=O)c1cc(-c2cccc(C3CC3)n2)cnc1-c1nc2cc(C(F)(F)C(F)(F)F)ncc2n1C. The fourth-order valence-corrected chi connectivity index (χ4v) is 5.04. The van der Waals surface area contributed by atoms with Crippen LogP contribution in [-0.4, -0.2) is 44.8 Å². The molecular formula is C24H20F5N5O2S. The van der Waals surface area contributed by atoms with E-state index in [-0.39, 0.29) is 33.2 Å². The lowest BCUT2D eigenvalue weighted by molar-refractivity contribution is -0.290. The molecule has 13 heteroatoms. The number of pyridine rings is 3. The lowest BCUT2D eigenvalue weighted by Crippen LogP contribution is -2.34. The van der Waals surface area contributed by atoms with Crippen molar-refractivity contribution in [2.75, 3.05) is 5.75 Å². The number of imidazole rings is 1. The summed E-state index contributed by atoms with van der Waals surface area (Å²) < 4.78 is 93.7. The minimum Gasteiger partial charge on any atom is -0.324 e. The Morgan fingerprint density at radius 3 is 2.41 bits per heavy atom. The van der Waals surface area contributed by atoms with Crippen LogP contribution in [0.15, 0.2) is 47.6 Å². The molecule has 4 aromatic heterocycles. The molecule has 0 aromatic carbocycles. The largest absolute Gasteiger partial charge is 0.459 e. The van der Waals surface area contributed by atoms with E-state index in [4.69, 9.17) is 0 Å². The molecule has 0 atom stereocenters. The summed E-state index contributed by atoms with van der Waals surface area (Å²) in [6, 6.07) is 7.47. The van der Waals surface area contributed by atoms with Crippen molar-refractivity contribution in [2.45, 2.75) is 42.7 Å². The number of sulfone groups is 1. The van der Waals surface area contributed by atoms with Crippen molar-refractivity contribution in [1.82, 2.24) is 24.5 Å². The van der Waals surface area contributed by atoms with E-state index in [0.29, 0.717) is 23.2 Å². The molecule has 1 saturated carbocycles. The van der Waals surface area contributed by atoms with Crippen molar-refractivity contribution >= 4 is 20.9 Å². The van der Waals surface area contributed by atoms with Gasteiger partial charge in [0, 0.05) is 30.4 Å².